The molecule has 0 saturated heterocycles. The topological polar surface area (TPSA) is 68.3 Å². The van der Waals surface area contributed by atoms with Gasteiger partial charge in [0.05, 0.1) is 0 Å². The number of fused-ring (bicyclic) bond motifs is 1. The molecule has 3 N–H and O–H groups in total. The summed E-state index contributed by atoms with van der Waals surface area (Å²) in [5.41, 5.74) is 7.88. The van der Waals surface area contributed by atoms with E-state index in [1.165, 1.54) is 12.8 Å². The van der Waals surface area contributed by atoms with Gasteiger partial charge in [0.2, 0.25) is 0 Å². The number of nitrogens with two attached hydrogens (primary N) is 1. The molecule has 0 spiro atoms. The van der Waals surface area contributed by atoms with Crippen molar-refractivity contribution in [1.82, 2.24) is 5.32 Å². The maximum atomic E-state index is 12.3. The molecule has 1 aromatic carbocycles. The lowest BCUT2D eigenvalue weighted by molar-refractivity contribution is 0.0906. The number of nitrogens with one attached hydrogen (secondary N) is 1. The van der Waals surface area contributed by atoms with Crippen molar-refractivity contribution >= 4 is 16.9 Å². The fourth-order valence-corrected chi connectivity index (χ4v) is 3.21. The van der Waals surface area contributed by atoms with Crippen LogP contribution in [0.15, 0.2) is 28.7 Å². The number of furan rings is 1. The van der Waals surface area contributed by atoms with E-state index in [0.29, 0.717) is 18.8 Å². The van der Waals surface area contributed by atoms with Crippen molar-refractivity contribution < 1.29 is 9.21 Å². The fraction of sp³-hybridized carbons (Fsp3) is 0.471. The Balaban J connectivity index is 1.72. The van der Waals surface area contributed by atoms with Gasteiger partial charge in [0, 0.05) is 11.9 Å². The van der Waals surface area contributed by atoms with E-state index in [9.17, 15) is 4.79 Å². The minimum atomic E-state index is -0.149. The highest BCUT2D eigenvalue weighted by Gasteiger charge is 2.33. The van der Waals surface area contributed by atoms with Gasteiger partial charge in [-0.25, -0.2) is 0 Å². The Bertz CT molecular complexity index is 654. The molecule has 1 heterocycles. The van der Waals surface area contributed by atoms with E-state index in [4.69, 9.17) is 10.2 Å². The average molecular weight is 286 g/mol. The molecule has 1 saturated carbocycles. The van der Waals surface area contributed by atoms with Crippen LogP contribution >= 0.6 is 0 Å². The number of rotatable bonds is 4. The van der Waals surface area contributed by atoms with Gasteiger partial charge in [-0.1, -0.05) is 24.5 Å². The lowest BCUT2D eigenvalue weighted by Gasteiger charge is -2.27. The lowest BCUT2D eigenvalue weighted by atomic mass is 9.86. The minimum Gasteiger partial charge on any atom is -0.451 e. The standard InChI is InChI=1S/C17H22N2O2/c1-12-4-5-14-13(8-12)9-15(21-14)16(20)19-11-17(10-18)6-2-3-7-17/h4-5,8-9H,2-3,6-7,10-11,18H2,1H3,(H,19,20). The molecule has 1 fully saturated rings. The number of benzene rings is 1. The predicted octanol–water partition coefficient (Wildman–Crippen LogP) is 2.99. The first-order chi connectivity index (χ1) is 10.1. The van der Waals surface area contributed by atoms with E-state index in [2.05, 4.69) is 5.32 Å². The molecule has 0 aliphatic heterocycles. The molecule has 0 atom stereocenters. The smallest absolute Gasteiger partial charge is 0.287 e. The van der Waals surface area contributed by atoms with E-state index in [1.807, 2.05) is 25.1 Å². The third-order valence-electron chi connectivity index (χ3n) is 4.62. The van der Waals surface area contributed by atoms with Gasteiger partial charge in [-0.05, 0) is 49.9 Å². The second-order valence-electron chi connectivity index (χ2n) is 6.25. The van der Waals surface area contributed by atoms with E-state index >= 15 is 0 Å². The van der Waals surface area contributed by atoms with Crippen LogP contribution in [0.2, 0.25) is 0 Å². The Kier molecular flexibility index (Phi) is 3.72. The molecular weight excluding hydrogens is 264 g/mol. The summed E-state index contributed by atoms with van der Waals surface area (Å²) in [5.74, 6) is 0.226. The zero-order chi connectivity index (χ0) is 14.9. The second-order valence-corrected chi connectivity index (χ2v) is 6.25. The summed E-state index contributed by atoms with van der Waals surface area (Å²) in [7, 11) is 0. The third kappa shape index (κ3) is 2.81. The molecule has 3 rings (SSSR count). The van der Waals surface area contributed by atoms with E-state index in [0.717, 1.165) is 29.4 Å². The highest BCUT2D eigenvalue weighted by atomic mass is 16.3. The van der Waals surface area contributed by atoms with E-state index in [1.54, 1.807) is 6.07 Å². The maximum absolute atomic E-state index is 12.3. The molecule has 1 aliphatic carbocycles. The number of carbonyl (C=O) groups excluding carboxylic acids is 1. The number of amides is 1. The van der Waals surface area contributed by atoms with Gasteiger partial charge < -0.3 is 15.5 Å². The zero-order valence-electron chi connectivity index (χ0n) is 12.4. The largest absolute Gasteiger partial charge is 0.451 e. The molecule has 0 bridgehead atoms. The van der Waals surface area contributed by atoms with E-state index < -0.39 is 0 Å². The maximum Gasteiger partial charge on any atom is 0.287 e. The van der Waals surface area contributed by atoms with Crippen LogP contribution in [0.3, 0.4) is 0 Å². The summed E-state index contributed by atoms with van der Waals surface area (Å²) >= 11 is 0. The summed E-state index contributed by atoms with van der Waals surface area (Å²) in [6.07, 6.45) is 4.61. The highest BCUT2D eigenvalue weighted by molar-refractivity contribution is 5.96. The predicted molar refractivity (Wildman–Crippen MR) is 83.2 cm³/mol. The van der Waals surface area contributed by atoms with Crippen LogP contribution in [0, 0.1) is 12.3 Å². The summed E-state index contributed by atoms with van der Waals surface area (Å²) in [5, 5.41) is 3.96. The van der Waals surface area contributed by atoms with Crippen molar-refractivity contribution in [2.45, 2.75) is 32.6 Å². The summed E-state index contributed by atoms with van der Waals surface area (Å²) < 4.78 is 5.62. The van der Waals surface area contributed by atoms with Crippen molar-refractivity contribution in [1.29, 1.82) is 0 Å². The Hall–Kier alpha value is -1.81. The SMILES string of the molecule is Cc1ccc2oc(C(=O)NCC3(CN)CCCC3)cc2c1. The van der Waals surface area contributed by atoms with Crippen LogP contribution in [-0.4, -0.2) is 19.0 Å². The molecule has 4 nitrogen and oxygen atoms in total. The first-order valence-electron chi connectivity index (χ1n) is 7.60. The number of hydrogen-bond acceptors (Lipinski definition) is 3. The Morgan fingerprint density at radius 1 is 1.33 bits per heavy atom. The van der Waals surface area contributed by atoms with Crippen molar-refractivity contribution in [3.05, 3.63) is 35.6 Å². The molecule has 0 unspecified atom stereocenters. The highest BCUT2D eigenvalue weighted by Crippen LogP contribution is 2.36. The molecule has 112 valence electrons. The van der Waals surface area contributed by atoms with Gasteiger partial charge >= 0.3 is 0 Å². The number of aryl methyl sites for hydroxylation is 1. The van der Waals surface area contributed by atoms with Gasteiger partial charge in [-0.3, -0.25) is 4.79 Å². The van der Waals surface area contributed by atoms with Crippen molar-refractivity contribution in [3.63, 3.8) is 0 Å². The minimum absolute atomic E-state index is 0.0816. The normalized spacial score (nSPS) is 17.2. The van der Waals surface area contributed by atoms with Crippen molar-refractivity contribution in [2.75, 3.05) is 13.1 Å². The van der Waals surface area contributed by atoms with Gasteiger partial charge in [-0.2, -0.15) is 0 Å². The molecule has 21 heavy (non-hydrogen) atoms. The molecule has 1 amide bonds. The zero-order valence-corrected chi connectivity index (χ0v) is 12.4. The van der Waals surface area contributed by atoms with Crippen molar-refractivity contribution in [3.8, 4) is 0 Å². The van der Waals surface area contributed by atoms with Gasteiger partial charge in [0.25, 0.3) is 5.91 Å². The number of hydrogen-bond donors (Lipinski definition) is 2. The summed E-state index contributed by atoms with van der Waals surface area (Å²) in [6.45, 7) is 3.29. The fourth-order valence-electron chi connectivity index (χ4n) is 3.21. The second kappa shape index (κ2) is 5.53. The average Bonchev–Trinajstić information content (AvgIpc) is 3.11. The van der Waals surface area contributed by atoms with Crippen LogP contribution in [0.25, 0.3) is 11.0 Å². The first kappa shape index (κ1) is 14.1. The third-order valence-corrected chi connectivity index (χ3v) is 4.62. The van der Waals surface area contributed by atoms with Crippen LogP contribution in [0.4, 0.5) is 0 Å². The molecular formula is C17H22N2O2. The van der Waals surface area contributed by atoms with Crippen molar-refractivity contribution in [2.24, 2.45) is 11.1 Å². The first-order valence-corrected chi connectivity index (χ1v) is 7.60. The van der Waals surface area contributed by atoms with Crippen LogP contribution in [0.5, 0.6) is 0 Å². The lowest BCUT2D eigenvalue weighted by Crippen LogP contribution is -2.40. The van der Waals surface area contributed by atoms with Gasteiger partial charge in [0.15, 0.2) is 5.76 Å². The number of carbonyl (C=O) groups is 1. The molecule has 1 aliphatic rings. The summed E-state index contributed by atoms with van der Waals surface area (Å²) in [4.78, 5) is 12.3. The summed E-state index contributed by atoms with van der Waals surface area (Å²) in [6, 6.07) is 7.71. The van der Waals surface area contributed by atoms with Crippen LogP contribution in [0.1, 0.15) is 41.8 Å². The molecule has 4 heteroatoms. The Labute approximate surface area is 124 Å². The molecule has 0 radical (unpaired) electrons. The monoisotopic (exact) mass is 286 g/mol. The Morgan fingerprint density at radius 2 is 2.10 bits per heavy atom. The quantitative estimate of drug-likeness (QED) is 0.908. The Morgan fingerprint density at radius 3 is 2.81 bits per heavy atom. The van der Waals surface area contributed by atoms with Crippen LogP contribution in [-0.2, 0) is 0 Å². The molecule has 1 aromatic heterocycles. The molecule has 2 aromatic rings. The van der Waals surface area contributed by atoms with Gasteiger partial charge in [-0.15, -0.1) is 0 Å². The van der Waals surface area contributed by atoms with Gasteiger partial charge in [0.1, 0.15) is 5.58 Å². The van der Waals surface area contributed by atoms with E-state index in [-0.39, 0.29) is 11.3 Å². The van der Waals surface area contributed by atoms with Crippen LogP contribution < -0.4 is 11.1 Å².